The van der Waals surface area contributed by atoms with E-state index in [0.29, 0.717) is 17.6 Å². The Morgan fingerprint density at radius 1 is 0.263 bits per heavy atom. The van der Waals surface area contributed by atoms with Crippen LogP contribution < -0.4 is 0 Å². The molecule has 12 aromatic rings. The van der Waals surface area contributed by atoms with Crippen LogP contribution in [0.25, 0.3) is 106 Å². The highest BCUT2D eigenvalue weighted by atomic mass is 15.2. The number of rotatable bonds is 5. The lowest BCUT2D eigenvalue weighted by Crippen LogP contribution is -2.06. The van der Waals surface area contributed by atoms with Crippen molar-refractivity contribution in [3.63, 3.8) is 0 Å². The van der Waals surface area contributed by atoms with E-state index in [0.717, 1.165) is 55.3 Å². The van der Waals surface area contributed by atoms with E-state index in [9.17, 15) is 0 Å². The minimum atomic E-state index is 0.578. The molecule has 0 amide bonds. The molecule has 0 atom stereocenters. The average Bonchev–Trinajstić information content (AvgIpc) is 3.92. The molecule has 57 heavy (non-hydrogen) atoms. The van der Waals surface area contributed by atoms with Gasteiger partial charge in [-0.15, -0.1) is 0 Å². The number of aromatic nitrogens is 6. The number of fused-ring (bicyclic) bond motifs is 9. The van der Waals surface area contributed by atoms with E-state index in [1.807, 2.05) is 60.7 Å². The Hall–Kier alpha value is -7.83. The monoisotopic (exact) mass is 728 g/mol. The third-order valence-electron chi connectivity index (χ3n) is 11.3. The molecule has 0 radical (unpaired) electrons. The van der Waals surface area contributed by atoms with Gasteiger partial charge in [-0.25, -0.2) is 4.98 Å². The molecule has 0 spiro atoms. The van der Waals surface area contributed by atoms with Gasteiger partial charge in [0.15, 0.2) is 11.6 Å². The molecule has 266 valence electrons. The fourth-order valence-electron chi connectivity index (χ4n) is 8.79. The molecular formula is C51H32N6. The Morgan fingerprint density at radius 3 is 1.19 bits per heavy atom. The van der Waals surface area contributed by atoms with Crippen molar-refractivity contribution in [3.8, 4) is 40.1 Å². The largest absolute Gasteiger partial charge is 0.309 e. The maximum atomic E-state index is 5.14. The summed E-state index contributed by atoms with van der Waals surface area (Å²) in [5.41, 5.74) is 10.8. The van der Waals surface area contributed by atoms with Crippen LogP contribution >= 0.6 is 0 Å². The number of nitrogens with zero attached hydrogens (tertiary/aromatic N) is 6. The molecule has 6 heteroatoms. The Labute approximate surface area is 327 Å². The Balaban J connectivity index is 1.10. The van der Waals surface area contributed by atoms with Crippen LogP contribution in [-0.2, 0) is 0 Å². The highest BCUT2D eigenvalue weighted by Crippen LogP contribution is 2.39. The first-order valence-electron chi connectivity index (χ1n) is 19.2. The SMILES string of the molecule is c1ccc(-c2nc(-c3ccccc3)nc(-n3c4ccccc4c4cc(-n5c6ccccc6c6ccc(-n7c8ccccc8c8ccccc87)cc65)ccc43)n2)cc1. The predicted molar refractivity (Wildman–Crippen MR) is 234 cm³/mol. The summed E-state index contributed by atoms with van der Waals surface area (Å²) in [6, 6.07) is 68.6. The molecule has 0 aliphatic heterocycles. The van der Waals surface area contributed by atoms with Crippen molar-refractivity contribution in [1.82, 2.24) is 28.7 Å². The van der Waals surface area contributed by atoms with Gasteiger partial charge in [0.25, 0.3) is 0 Å². The molecule has 0 bridgehead atoms. The van der Waals surface area contributed by atoms with E-state index < -0.39 is 0 Å². The van der Waals surface area contributed by atoms with Gasteiger partial charge in [0.2, 0.25) is 5.95 Å². The van der Waals surface area contributed by atoms with E-state index in [1.165, 1.54) is 32.6 Å². The van der Waals surface area contributed by atoms with Crippen molar-refractivity contribution < 1.29 is 0 Å². The van der Waals surface area contributed by atoms with E-state index in [1.54, 1.807) is 0 Å². The molecule has 4 aromatic heterocycles. The Morgan fingerprint density at radius 2 is 0.649 bits per heavy atom. The zero-order valence-electron chi connectivity index (χ0n) is 30.7. The number of hydrogen-bond acceptors (Lipinski definition) is 3. The summed E-state index contributed by atoms with van der Waals surface area (Å²) in [4.78, 5) is 15.2. The molecule has 0 N–H and O–H groups in total. The molecule has 0 saturated carbocycles. The fourth-order valence-corrected chi connectivity index (χ4v) is 8.79. The van der Waals surface area contributed by atoms with Crippen LogP contribution in [0.3, 0.4) is 0 Å². The third kappa shape index (κ3) is 4.81. The van der Waals surface area contributed by atoms with Gasteiger partial charge in [0, 0.05) is 54.8 Å². The van der Waals surface area contributed by atoms with Crippen molar-refractivity contribution >= 4 is 65.4 Å². The van der Waals surface area contributed by atoms with Crippen LogP contribution in [-0.4, -0.2) is 28.7 Å². The molecule has 8 aromatic carbocycles. The standard InChI is InChI=1S/C51H32N6/c1-3-15-33(16-4-1)49-52-50(34-17-5-2-6-18-34)54-51(53-49)57-46-26-14-10-22-40(46)42-31-35(28-30-47(42)57)56-45-25-13-9-21-39(45)41-29-27-36(32-48(41)56)55-43-23-11-7-19-37(43)38-20-8-12-24-44(38)55/h1-32H. The predicted octanol–water partition coefficient (Wildman–Crippen LogP) is 12.5. The second-order valence-electron chi connectivity index (χ2n) is 14.5. The quantitative estimate of drug-likeness (QED) is 0.177. The highest BCUT2D eigenvalue weighted by molar-refractivity contribution is 6.13. The summed E-state index contributed by atoms with van der Waals surface area (Å²) in [5.74, 6) is 1.84. The molecule has 0 aliphatic rings. The van der Waals surface area contributed by atoms with Crippen LogP contribution in [0.1, 0.15) is 0 Å². The Bertz CT molecular complexity index is 3410. The van der Waals surface area contributed by atoms with Gasteiger partial charge in [-0.1, -0.05) is 140 Å². The summed E-state index contributed by atoms with van der Waals surface area (Å²) in [5, 5.41) is 7.18. The van der Waals surface area contributed by atoms with Gasteiger partial charge in [-0.3, -0.25) is 4.57 Å². The zero-order chi connectivity index (χ0) is 37.5. The van der Waals surface area contributed by atoms with Gasteiger partial charge >= 0.3 is 0 Å². The van der Waals surface area contributed by atoms with Gasteiger partial charge in [-0.2, -0.15) is 9.97 Å². The van der Waals surface area contributed by atoms with Gasteiger partial charge < -0.3 is 9.13 Å². The first kappa shape index (κ1) is 31.5. The van der Waals surface area contributed by atoms with Crippen LogP contribution in [0.5, 0.6) is 0 Å². The van der Waals surface area contributed by atoms with Crippen LogP contribution in [0, 0.1) is 0 Å². The fraction of sp³-hybridized carbons (Fsp3) is 0. The van der Waals surface area contributed by atoms with Gasteiger partial charge in [0.05, 0.1) is 33.1 Å². The van der Waals surface area contributed by atoms with E-state index >= 15 is 0 Å². The topological polar surface area (TPSA) is 53.5 Å². The van der Waals surface area contributed by atoms with E-state index in [-0.39, 0.29) is 0 Å². The summed E-state index contributed by atoms with van der Waals surface area (Å²) >= 11 is 0. The van der Waals surface area contributed by atoms with E-state index in [4.69, 9.17) is 15.0 Å². The molecule has 0 fully saturated rings. The lowest BCUT2D eigenvalue weighted by molar-refractivity contribution is 0.953. The van der Waals surface area contributed by atoms with Crippen LogP contribution in [0.15, 0.2) is 194 Å². The summed E-state index contributed by atoms with van der Waals surface area (Å²) in [6.07, 6.45) is 0. The van der Waals surface area contributed by atoms with Crippen molar-refractivity contribution in [2.75, 3.05) is 0 Å². The Kier molecular flexibility index (Phi) is 6.83. The van der Waals surface area contributed by atoms with Gasteiger partial charge in [0.1, 0.15) is 0 Å². The highest BCUT2D eigenvalue weighted by Gasteiger charge is 2.20. The van der Waals surface area contributed by atoms with Gasteiger partial charge in [-0.05, 0) is 54.6 Å². The molecule has 12 rings (SSSR count). The zero-order valence-corrected chi connectivity index (χ0v) is 30.7. The van der Waals surface area contributed by atoms with Crippen molar-refractivity contribution in [3.05, 3.63) is 194 Å². The molecular weight excluding hydrogens is 697 g/mol. The summed E-state index contributed by atoms with van der Waals surface area (Å²) in [6.45, 7) is 0. The van der Waals surface area contributed by atoms with Crippen molar-refractivity contribution in [2.45, 2.75) is 0 Å². The molecule has 6 nitrogen and oxygen atoms in total. The molecule has 0 unspecified atom stereocenters. The van der Waals surface area contributed by atoms with Crippen molar-refractivity contribution in [1.29, 1.82) is 0 Å². The second-order valence-corrected chi connectivity index (χ2v) is 14.5. The number of benzene rings is 8. The normalized spacial score (nSPS) is 11.9. The lowest BCUT2D eigenvalue weighted by atomic mass is 10.1. The molecule has 0 saturated heterocycles. The summed E-state index contributed by atoms with van der Waals surface area (Å²) in [7, 11) is 0. The minimum absolute atomic E-state index is 0.578. The first-order chi connectivity index (χ1) is 28.3. The van der Waals surface area contributed by atoms with Crippen LogP contribution in [0.4, 0.5) is 0 Å². The minimum Gasteiger partial charge on any atom is -0.309 e. The average molecular weight is 729 g/mol. The smallest absolute Gasteiger partial charge is 0.238 e. The molecule has 0 aliphatic carbocycles. The van der Waals surface area contributed by atoms with E-state index in [2.05, 4.69) is 147 Å². The molecule has 4 heterocycles. The number of hydrogen-bond donors (Lipinski definition) is 0. The summed E-state index contributed by atoms with van der Waals surface area (Å²) < 4.78 is 6.99. The van der Waals surface area contributed by atoms with Crippen LogP contribution in [0.2, 0.25) is 0 Å². The second kappa shape index (κ2) is 12.3. The lowest BCUT2D eigenvalue weighted by Gasteiger charge is -2.12. The first-order valence-corrected chi connectivity index (χ1v) is 19.2. The number of para-hydroxylation sites is 4. The maximum absolute atomic E-state index is 5.14. The van der Waals surface area contributed by atoms with Crippen molar-refractivity contribution in [2.24, 2.45) is 0 Å². The third-order valence-corrected chi connectivity index (χ3v) is 11.3. The maximum Gasteiger partial charge on any atom is 0.238 e.